The lowest BCUT2D eigenvalue weighted by molar-refractivity contribution is 0.775. The second-order valence-corrected chi connectivity index (χ2v) is 6.13. The van der Waals surface area contributed by atoms with Gasteiger partial charge < -0.3 is 10.3 Å². The topological polar surface area (TPSA) is 108 Å². The molecule has 128 valence electrons. The van der Waals surface area contributed by atoms with E-state index in [1.165, 1.54) is 6.33 Å². The van der Waals surface area contributed by atoms with Crippen LogP contribution in [0.15, 0.2) is 41.8 Å². The molecule has 2 atom stereocenters. The number of imidazole rings is 1. The summed E-state index contributed by atoms with van der Waals surface area (Å²) in [7, 11) is 0. The van der Waals surface area contributed by atoms with Crippen LogP contribution in [0.2, 0.25) is 0 Å². The minimum Gasteiger partial charge on any atom is -0.360 e. The maximum Gasteiger partial charge on any atom is 0.182 e. The molecule has 4 heterocycles. The van der Waals surface area contributed by atoms with E-state index in [4.69, 9.17) is 4.99 Å². The van der Waals surface area contributed by atoms with Crippen molar-refractivity contribution >= 4 is 22.7 Å². The summed E-state index contributed by atoms with van der Waals surface area (Å²) in [6.45, 7) is 4.18. The standard InChI is InChI=1S/C17H20N8/c1-3-13(25-17-15-16(19-8-18-15)20-9-21-17)14-12(5-4-10(2)24-14)11-6-22-23-7-11/h4,6-9,12-13H,3,5H2,1-2H3,(H,22,23)(H2,18,19,20,21,25). The number of nitrogens with one attached hydrogen (secondary N) is 3. The lowest BCUT2D eigenvalue weighted by atomic mass is 9.86. The van der Waals surface area contributed by atoms with Crippen LogP contribution in [0, 0.1) is 0 Å². The Morgan fingerprint density at radius 1 is 1.32 bits per heavy atom. The van der Waals surface area contributed by atoms with Crippen molar-refractivity contribution in [2.45, 2.75) is 38.6 Å². The molecule has 0 aliphatic carbocycles. The number of anilines is 1. The Labute approximate surface area is 144 Å². The van der Waals surface area contributed by atoms with Gasteiger partial charge in [0.1, 0.15) is 11.8 Å². The predicted molar refractivity (Wildman–Crippen MR) is 96.5 cm³/mol. The zero-order valence-electron chi connectivity index (χ0n) is 14.2. The number of aromatic nitrogens is 6. The summed E-state index contributed by atoms with van der Waals surface area (Å²) in [6, 6.07) is 0.0601. The summed E-state index contributed by atoms with van der Waals surface area (Å²) in [5, 5.41) is 10.5. The van der Waals surface area contributed by atoms with E-state index < -0.39 is 0 Å². The van der Waals surface area contributed by atoms with Crippen molar-refractivity contribution in [2.24, 2.45) is 4.99 Å². The molecule has 1 aliphatic rings. The van der Waals surface area contributed by atoms with Gasteiger partial charge in [-0.15, -0.1) is 0 Å². The number of aliphatic imine (C=N–C) groups is 1. The van der Waals surface area contributed by atoms with Crippen LogP contribution in [-0.4, -0.2) is 41.9 Å². The summed E-state index contributed by atoms with van der Waals surface area (Å²) in [6.07, 6.45) is 11.0. The summed E-state index contributed by atoms with van der Waals surface area (Å²) in [4.78, 5) is 20.7. The highest BCUT2D eigenvalue weighted by Crippen LogP contribution is 2.30. The lowest BCUT2D eigenvalue weighted by Crippen LogP contribution is -2.35. The fraction of sp³-hybridized carbons (Fsp3) is 0.353. The second-order valence-electron chi connectivity index (χ2n) is 6.13. The molecule has 3 aromatic rings. The monoisotopic (exact) mass is 336 g/mol. The molecular formula is C17H20N8. The molecular weight excluding hydrogens is 316 g/mol. The van der Waals surface area contributed by atoms with Crippen molar-refractivity contribution < 1.29 is 0 Å². The van der Waals surface area contributed by atoms with Crippen LogP contribution < -0.4 is 5.32 Å². The average Bonchev–Trinajstić information content (AvgIpc) is 3.31. The molecule has 0 bridgehead atoms. The fourth-order valence-corrected chi connectivity index (χ4v) is 3.24. The molecule has 25 heavy (non-hydrogen) atoms. The van der Waals surface area contributed by atoms with E-state index >= 15 is 0 Å². The highest BCUT2D eigenvalue weighted by molar-refractivity contribution is 5.99. The Balaban J connectivity index is 1.69. The highest BCUT2D eigenvalue weighted by atomic mass is 15.1. The molecule has 3 aromatic heterocycles. The van der Waals surface area contributed by atoms with Crippen LogP contribution >= 0.6 is 0 Å². The van der Waals surface area contributed by atoms with Gasteiger partial charge in [0.15, 0.2) is 11.5 Å². The quantitative estimate of drug-likeness (QED) is 0.664. The largest absolute Gasteiger partial charge is 0.360 e. The molecule has 8 heteroatoms. The molecule has 0 saturated heterocycles. The number of H-pyrrole nitrogens is 2. The van der Waals surface area contributed by atoms with Crippen molar-refractivity contribution in [1.82, 2.24) is 30.1 Å². The van der Waals surface area contributed by atoms with Gasteiger partial charge in [-0.05, 0) is 25.3 Å². The van der Waals surface area contributed by atoms with E-state index in [0.717, 1.165) is 41.1 Å². The number of hydrogen-bond donors (Lipinski definition) is 3. The maximum atomic E-state index is 4.86. The first-order chi connectivity index (χ1) is 12.3. The van der Waals surface area contributed by atoms with E-state index in [2.05, 4.69) is 48.4 Å². The van der Waals surface area contributed by atoms with E-state index in [1.54, 1.807) is 6.33 Å². The SMILES string of the molecule is CCC(Nc1ncnc2nc[nH]c12)C1=NC(C)=CCC1c1cn[nH]c1. The smallest absolute Gasteiger partial charge is 0.182 e. The number of hydrogen-bond acceptors (Lipinski definition) is 6. The molecule has 0 spiro atoms. The van der Waals surface area contributed by atoms with Gasteiger partial charge in [0.25, 0.3) is 0 Å². The summed E-state index contributed by atoms with van der Waals surface area (Å²) < 4.78 is 0. The Hall–Kier alpha value is -3.03. The minimum atomic E-state index is 0.0601. The summed E-state index contributed by atoms with van der Waals surface area (Å²) in [5.41, 5.74) is 4.77. The minimum absolute atomic E-state index is 0.0601. The van der Waals surface area contributed by atoms with Gasteiger partial charge in [-0.25, -0.2) is 15.0 Å². The molecule has 4 rings (SSSR count). The van der Waals surface area contributed by atoms with E-state index in [-0.39, 0.29) is 12.0 Å². The molecule has 0 radical (unpaired) electrons. The number of nitrogens with zero attached hydrogens (tertiary/aromatic N) is 5. The van der Waals surface area contributed by atoms with Crippen LogP contribution in [0.3, 0.4) is 0 Å². The molecule has 0 fully saturated rings. The molecule has 0 aromatic carbocycles. The van der Waals surface area contributed by atoms with Crippen LogP contribution in [-0.2, 0) is 0 Å². The second kappa shape index (κ2) is 6.46. The van der Waals surface area contributed by atoms with Gasteiger partial charge in [0.2, 0.25) is 0 Å². The Bertz CT molecular complexity index is 921. The number of aromatic amines is 2. The average molecular weight is 336 g/mol. The van der Waals surface area contributed by atoms with Crippen LogP contribution in [0.4, 0.5) is 5.82 Å². The van der Waals surface area contributed by atoms with Gasteiger partial charge in [-0.2, -0.15) is 5.10 Å². The van der Waals surface area contributed by atoms with Gasteiger partial charge in [-0.3, -0.25) is 10.1 Å². The van der Waals surface area contributed by atoms with Gasteiger partial charge >= 0.3 is 0 Å². The van der Waals surface area contributed by atoms with Crippen LogP contribution in [0.1, 0.15) is 38.2 Å². The number of allylic oxidation sites excluding steroid dienone is 2. The zero-order valence-corrected chi connectivity index (χ0v) is 14.2. The highest BCUT2D eigenvalue weighted by Gasteiger charge is 2.28. The van der Waals surface area contributed by atoms with E-state index in [9.17, 15) is 0 Å². The third-order valence-electron chi connectivity index (χ3n) is 4.53. The van der Waals surface area contributed by atoms with Crippen molar-refractivity contribution in [1.29, 1.82) is 0 Å². The molecule has 0 amide bonds. The molecule has 1 aliphatic heterocycles. The Kier molecular flexibility index (Phi) is 4.01. The number of rotatable bonds is 5. The van der Waals surface area contributed by atoms with E-state index in [0.29, 0.717) is 5.65 Å². The fourth-order valence-electron chi connectivity index (χ4n) is 3.24. The normalized spacial score (nSPS) is 18.7. The van der Waals surface area contributed by atoms with Gasteiger partial charge in [0.05, 0.1) is 18.6 Å². The van der Waals surface area contributed by atoms with Gasteiger partial charge in [-0.1, -0.05) is 13.0 Å². The first kappa shape index (κ1) is 15.5. The number of fused-ring (bicyclic) bond motifs is 1. The summed E-state index contributed by atoms with van der Waals surface area (Å²) >= 11 is 0. The van der Waals surface area contributed by atoms with Crippen molar-refractivity contribution in [3.05, 3.63) is 42.4 Å². The Morgan fingerprint density at radius 2 is 2.24 bits per heavy atom. The maximum absolute atomic E-state index is 4.86. The lowest BCUT2D eigenvalue weighted by Gasteiger charge is -2.28. The van der Waals surface area contributed by atoms with E-state index in [1.807, 2.05) is 19.3 Å². The zero-order chi connectivity index (χ0) is 17.2. The molecule has 0 saturated carbocycles. The first-order valence-corrected chi connectivity index (χ1v) is 8.40. The molecule has 8 nitrogen and oxygen atoms in total. The van der Waals surface area contributed by atoms with Gasteiger partial charge in [0, 0.05) is 23.5 Å². The summed E-state index contributed by atoms with van der Waals surface area (Å²) in [5.74, 6) is 0.953. The third-order valence-corrected chi connectivity index (χ3v) is 4.53. The van der Waals surface area contributed by atoms with Crippen LogP contribution in [0.25, 0.3) is 11.2 Å². The molecule has 3 N–H and O–H groups in total. The Morgan fingerprint density at radius 3 is 3.04 bits per heavy atom. The van der Waals surface area contributed by atoms with Crippen molar-refractivity contribution in [2.75, 3.05) is 5.32 Å². The molecule has 2 unspecified atom stereocenters. The van der Waals surface area contributed by atoms with Crippen molar-refractivity contribution in [3.8, 4) is 0 Å². The third kappa shape index (κ3) is 2.90. The van der Waals surface area contributed by atoms with Crippen molar-refractivity contribution in [3.63, 3.8) is 0 Å². The first-order valence-electron chi connectivity index (χ1n) is 8.40. The predicted octanol–water partition coefficient (Wildman–Crippen LogP) is 2.80. The van der Waals surface area contributed by atoms with Crippen LogP contribution in [0.5, 0.6) is 0 Å².